The van der Waals surface area contributed by atoms with Gasteiger partial charge in [-0.3, -0.25) is 9.59 Å². The molecule has 44 heavy (non-hydrogen) atoms. The second kappa shape index (κ2) is 9.92. The Morgan fingerprint density at radius 1 is 0.500 bits per heavy atom. The van der Waals surface area contributed by atoms with E-state index in [1.54, 1.807) is 6.07 Å². The van der Waals surface area contributed by atoms with Gasteiger partial charge in [0.05, 0.1) is 33.5 Å². The number of aryl methyl sites for hydroxylation is 2. The van der Waals surface area contributed by atoms with Crippen LogP contribution < -0.4 is 4.90 Å². The predicted octanol–water partition coefficient (Wildman–Crippen LogP) is 9.54. The molecule has 0 atom stereocenters. The zero-order chi connectivity index (χ0) is 29.9. The van der Waals surface area contributed by atoms with E-state index in [-0.39, 0.29) is 11.8 Å². The third kappa shape index (κ3) is 3.78. The molecule has 2 amide bonds. The summed E-state index contributed by atoms with van der Waals surface area (Å²) in [6.07, 6.45) is 0. The maximum atomic E-state index is 14.5. The highest BCUT2D eigenvalue weighted by atomic mass is 16.2. The fourth-order valence-electron chi connectivity index (χ4n) is 6.81. The summed E-state index contributed by atoms with van der Waals surface area (Å²) in [6.45, 7) is 4.24. The molecule has 0 bridgehead atoms. The summed E-state index contributed by atoms with van der Waals surface area (Å²) < 4.78 is 2.18. The number of nitrogens with zero attached hydrogens (tertiary/aromatic N) is 2. The van der Waals surface area contributed by atoms with Crippen LogP contribution in [0.15, 0.2) is 133 Å². The number of aromatic nitrogens is 1. The number of carbonyl (C=O) groups excluding carboxylic acids is 2. The lowest BCUT2D eigenvalue weighted by atomic mass is 9.96. The number of hydrogen-bond acceptors (Lipinski definition) is 2. The predicted molar refractivity (Wildman–Crippen MR) is 179 cm³/mol. The molecule has 7 aromatic rings. The largest absolute Gasteiger partial charge is 0.308 e. The van der Waals surface area contributed by atoms with Crippen LogP contribution >= 0.6 is 0 Å². The molecule has 4 heteroatoms. The molecule has 0 fully saturated rings. The average Bonchev–Trinajstić information content (AvgIpc) is 3.53. The lowest BCUT2D eigenvalue weighted by molar-refractivity contribution is 0.0926. The van der Waals surface area contributed by atoms with Gasteiger partial charge in [0.1, 0.15) is 0 Å². The van der Waals surface area contributed by atoms with Crippen molar-refractivity contribution in [1.29, 1.82) is 0 Å². The number of anilines is 1. The van der Waals surface area contributed by atoms with Gasteiger partial charge in [0, 0.05) is 21.9 Å². The third-order valence-electron chi connectivity index (χ3n) is 8.73. The van der Waals surface area contributed by atoms with E-state index in [2.05, 4.69) is 66.9 Å². The van der Waals surface area contributed by atoms with Crippen LogP contribution in [0, 0.1) is 13.8 Å². The van der Waals surface area contributed by atoms with Gasteiger partial charge in [0.2, 0.25) is 0 Å². The molecule has 8 rings (SSSR count). The van der Waals surface area contributed by atoms with E-state index in [1.807, 2.05) is 78.9 Å². The van der Waals surface area contributed by atoms with E-state index < -0.39 is 0 Å². The number of benzene rings is 6. The Balaban J connectivity index is 1.40. The van der Waals surface area contributed by atoms with Gasteiger partial charge >= 0.3 is 0 Å². The first kappa shape index (κ1) is 25.9. The van der Waals surface area contributed by atoms with Crippen LogP contribution in [0.4, 0.5) is 5.69 Å². The van der Waals surface area contributed by atoms with Crippen molar-refractivity contribution >= 4 is 39.3 Å². The summed E-state index contributed by atoms with van der Waals surface area (Å²) in [5, 5.41) is 2.19. The molecule has 210 valence electrons. The normalized spacial score (nSPS) is 12.8. The number of rotatable bonds is 4. The highest BCUT2D eigenvalue weighted by Crippen LogP contribution is 2.42. The summed E-state index contributed by atoms with van der Waals surface area (Å²) in [4.78, 5) is 30.0. The monoisotopic (exact) mass is 568 g/mol. The number of fused-ring (bicyclic) bond motifs is 4. The number of hydrogen-bond donors (Lipinski definition) is 0. The maximum absolute atomic E-state index is 14.5. The van der Waals surface area contributed by atoms with Gasteiger partial charge in [0.15, 0.2) is 0 Å². The Morgan fingerprint density at radius 2 is 1.16 bits per heavy atom. The van der Waals surface area contributed by atoms with Crippen molar-refractivity contribution in [1.82, 2.24) is 4.57 Å². The minimum Gasteiger partial charge on any atom is -0.308 e. The first-order valence-electron chi connectivity index (χ1n) is 14.8. The summed E-state index contributed by atoms with van der Waals surface area (Å²) in [5.41, 5.74) is 10.5. The van der Waals surface area contributed by atoms with Crippen LogP contribution in [0.25, 0.3) is 49.7 Å². The van der Waals surface area contributed by atoms with Crippen LogP contribution in [0.2, 0.25) is 0 Å². The van der Waals surface area contributed by atoms with Crippen molar-refractivity contribution in [3.05, 3.63) is 156 Å². The van der Waals surface area contributed by atoms with Gasteiger partial charge < -0.3 is 4.57 Å². The summed E-state index contributed by atoms with van der Waals surface area (Å²) >= 11 is 0. The van der Waals surface area contributed by atoms with Crippen molar-refractivity contribution in [3.63, 3.8) is 0 Å². The first-order valence-corrected chi connectivity index (χ1v) is 14.8. The van der Waals surface area contributed by atoms with E-state index in [0.29, 0.717) is 22.5 Å². The quantitative estimate of drug-likeness (QED) is 0.198. The van der Waals surface area contributed by atoms with Gasteiger partial charge in [-0.05, 0) is 54.8 Å². The molecule has 1 aromatic heterocycles. The zero-order valence-electron chi connectivity index (χ0n) is 24.4. The molecule has 0 radical (unpaired) electrons. The zero-order valence-corrected chi connectivity index (χ0v) is 24.4. The molecule has 1 aliphatic rings. The van der Waals surface area contributed by atoms with Crippen LogP contribution in [0.5, 0.6) is 0 Å². The molecule has 4 nitrogen and oxygen atoms in total. The highest BCUT2D eigenvalue weighted by molar-refractivity contribution is 6.36. The Labute approximate surface area is 255 Å². The molecule has 2 heterocycles. The van der Waals surface area contributed by atoms with Crippen LogP contribution in [0.3, 0.4) is 0 Å². The molecule has 0 saturated heterocycles. The lowest BCUT2D eigenvalue weighted by Crippen LogP contribution is -2.30. The number of para-hydroxylation sites is 3. The van der Waals surface area contributed by atoms with Gasteiger partial charge in [-0.1, -0.05) is 115 Å². The second-order valence-corrected chi connectivity index (χ2v) is 11.4. The molecule has 1 aliphatic heterocycles. The van der Waals surface area contributed by atoms with E-state index in [1.165, 1.54) is 16.0 Å². The Hall–Kier alpha value is -5.74. The number of carbonyl (C=O) groups is 2. The fraction of sp³-hybridized carbons (Fsp3) is 0.0500. The minimum atomic E-state index is -0.320. The van der Waals surface area contributed by atoms with Crippen LogP contribution in [-0.4, -0.2) is 16.4 Å². The molecule has 0 N–H and O–H groups in total. The molecule has 0 spiro atoms. The van der Waals surface area contributed by atoms with Crippen LogP contribution in [0.1, 0.15) is 31.8 Å². The topological polar surface area (TPSA) is 42.3 Å². The van der Waals surface area contributed by atoms with Gasteiger partial charge in [0.25, 0.3) is 11.8 Å². The van der Waals surface area contributed by atoms with Gasteiger partial charge in [-0.25, -0.2) is 4.90 Å². The SMILES string of the molecule is Cc1ccc(-c2cccc3c4ccccc4n(-c4cccc5c4C(=O)N(c4ccccc4-c4ccccc4)C5=O)c23)c(C)c1. The Morgan fingerprint density at radius 3 is 2.00 bits per heavy atom. The van der Waals surface area contributed by atoms with Crippen molar-refractivity contribution in [2.24, 2.45) is 0 Å². The van der Waals surface area contributed by atoms with Gasteiger partial charge in [-0.2, -0.15) is 0 Å². The van der Waals surface area contributed by atoms with E-state index in [9.17, 15) is 9.59 Å². The van der Waals surface area contributed by atoms with Gasteiger partial charge in [-0.15, -0.1) is 0 Å². The molecule has 6 aromatic carbocycles. The standard InChI is InChI=1S/C40H28N2O2/c1-25-22-23-28(26(2)24-25)31-16-10-17-32-30-15-7-9-20-35(30)41(38(31)32)36-21-11-18-33-37(36)40(44)42(39(33)43)34-19-8-6-14-29(34)27-12-4-3-5-13-27/h3-24H,1-2H3. The fourth-order valence-corrected chi connectivity index (χ4v) is 6.81. The second-order valence-electron chi connectivity index (χ2n) is 11.4. The lowest BCUT2D eigenvalue weighted by Gasteiger charge is -2.19. The van der Waals surface area contributed by atoms with Crippen molar-refractivity contribution in [2.45, 2.75) is 13.8 Å². The smallest absolute Gasteiger partial charge is 0.268 e. The third-order valence-corrected chi connectivity index (χ3v) is 8.73. The summed E-state index contributed by atoms with van der Waals surface area (Å²) in [7, 11) is 0. The number of amides is 2. The van der Waals surface area contributed by atoms with Crippen molar-refractivity contribution < 1.29 is 9.59 Å². The van der Waals surface area contributed by atoms with E-state index in [0.717, 1.165) is 44.1 Å². The minimum absolute atomic E-state index is 0.314. The van der Waals surface area contributed by atoms with Crippen molar-refractivity contribution in [2.75, 3.05) is 4.90 Å². The molecule has 0 saturated carbocycles. The average molecular weight is 569 g/mol. The van der Waals surface area contributed by atoms with Crippen LogP contribution in [-0.2, 0) is 0 Å². The molecule has 0 unspecified atom stereocenters. The summed E-state index contributed by atoms with van der Waals surface area (Å²) in [6, 6.07) is 44.3. The maximum Gasteiger partial charge on any atom is 0.268 e. The van der Waals surface area contributed by atoms with E-state index in [4.69, 9.17) is 0 Å². The van der Waals surface area contributed by atoms with E-state index >= 15 is 0 Å². The first-order chi connectivity index (χ1) is 21.5. The molecule has 0 aliphatic carbocycles. The molecular formula is C40H28N2O2. The van der Waals surface area contributed by atoms with Crippen molar-refractivity contribution in [3.8, 4) is 27.9 Å². The number of imide groups is 1. The Kier molecular flexibility index (Phi) is 5.85. The highest BCUT2D eigenvalue weighted by Gasteiger charge is 2.40. The molecular weight excluding hydrogens is 540 g/mol. The Bertz CT molecular complexity index is 2300. The summed E-state index contributed by atoms with van der Waals surface area (Å²) in [5.74, 6) is -0.635.